The number of nitrogens with one attached hydrogen (secondary N) is 1. The molecule has 1 amide bonds. The van der Waals surface area contributed by atoms with Gasteiger partial charge in [-0.3, -0.25) is 9.59 Å². The summed E-state index contributed by atoms with van der Waals surface area (Å²) in [5.41, 5.74) is 0. The monoisotopic (exact) mass is 435 g/mol. The molecule has 0 aromatic carbocycles. The summed E-state index contributed by atoms with van der Waals surface area (Å²) in [5, 5.41) is 10.1. The normalized spacial score (nSPS) is 17.2. The van der Waals surface area contributed by atoms with Gasteiger partial charge in [0.1, 0.15) is 0 Å². The Morgan fingerprint density at radius 1 is 1.17 bits per heavy atom. The molecule has 0 unspecified atom stereocenters. The summed E-state index contributed by atoms with van der Waals surface area (Å²) in [5.74, 6) is -1.15. The number of rotatable bonds is 9. The van der Waals surface area contributed by atoms with Crippen LogP contribution in [0.1, 0.15) is 75.9 Å². The van der Waals surface area contributed by atoms with E-state index in [0.717, 1.165) is 50.3 Å². The highest BCUT2D eigenvalue weighted by Crippen LogP contribution is 2.26. The molecule has 2 rings (SSSR count). The third-order valence-corrected chi connectivity index (χ3v) is 5.61. The molecule has 10 heteroatoms. The van der Waals surface area contributed by atoms with Gasteiger partial charge in [-0.2, -0.15) is 13.2 Å². The topological polar surface area (TPSA) is 85.1 Å². The SMILES string of the molecule is CC(C)C[C@H](NC(=O)C1CCCCCC1)C(=O)c1nnc(SCCC(F)(F)F)o1. The summed E-state index contributed by atoms with van der Waals surface area (Å²) in [6, 6.07) is -0.792. The second kappa shape index (κ2) is 11.0. The van der Waals surface area contributed by atoms with E-state index in [1.807, 2.05) is 13.8 Å². The van der Waals surface area contributed by atoms with Crippen LogP contribution in [0.4, 0.5) is 13.2 Å². The van der Waals surface area contributed by atoms with Crippen LogP contribution in [0.25, 0.3) is 0 Å². The number of hydrogen-bond acceptors (Lipinski definition) is 6. The lowest BCUT2D eigenvalue weighted by molar-refractivity contribution is -0.129. The average Bonchev–Trinajstić information content (AvgIpc) is 2.91. The third-order valence-electron chi connectivity index (χ3n) is 4.79. The number of ketones is 1. The van der Waals surface area contributed by atoms with Crippen molar-refractivity contribution in [1.29, 1.82) is 0 Å². The Kier molecular flexibility index (Phi) is 8.98. The summed E-state index contributed by atoms with van der Waals surface area (Å²) in [7, 11) is 0. The second-order valence-corrected chi connectivity index (χ2v) is 8.88. The van der Waals surface area contributed by atoms with Gasteiger partial charge in [0.2, 0.25) is 11.7 Å². The first-order valence-electron chi connectivity index (χ1n) is 10.0. The number of hydrogen-bond donors (Lipinski definition) is 1. The number of alkyl halides is 3. The minimum Gasteiger partial charge on any atom is -0.408 e. The van der Waals surface area contributed by atoms with Crippen molar-refractivity contribution >= 4 is 23.5 Å². The fraction of sp³-hybridized carbons (Fsp3) is 0.789. The van der Waals surface area contributed by atoms with Gasteiger partial charge in [0.15, 0.2) is 0 Å². The lowest BCUT2D eigenvalue weighted by Gasteiger charge is -2.21. The van der Waals surface area contributed by atoms with Gasteiger partial charge in [-0.1, -0.05) is 51.3 Å². The Labute approximate surface area is 172 Å². The van der Waals surface area contributed by atoms with E-state index in [1.165, 1.54) is 0 Å². The molecule has 1 fully saturated rings. The molecule has 29 heavy (non-hydrogen) atoms. The maximum Gasteiger partial charge on any atom is 0.389 e. The predicted molar refractivity (Wildman–Crippen MR) is 103 cm³/mol. The summed E-state index contributed by atoms with van der Waals surface area (Å²) >= 11 is 0.750. The highest BCUT2D eigenvalue weighted by molar-refractivity contribution is 7.99. The molecule has 0 bridgehead atoms. The molecule has 0 saturated heterocycles. The third kappa shape index (κ3) is 8.36. The van der Waals surface area contributed by atoms with Crippen LogP contribution in [0.3, 0.4) is 0 Å². The minimum atomic E-state index is -4.27. The molecule has 1 aliphatic carbocycles. The Balaban J connectivity index is 1.99. The van der Waals surface area contributed by atoms with E-state index in [1.54, 1.807) is 0 Å². The molecule has 164 valence electrons. The van der Waals surface area contributed by atoms with Crippen molar-refractivity contribution in [2.24, 2.45) is 11.8 Å². The van der Waals surface area contributed by atoms with Gasteiger partial charge in [-0.25, -0.2) is 0 Å². The average molecular weight is 436 g/mol. The van der Waals surface area contributed by atoms with Gasteiger partial charge in [-0.15, -0.1) is 10.2 Å². The first-order chi connectivity index (χ1) is 13.7. The molecule has 1 heterocycles. The largest absolute Gasteiger partial charge is 0.408 e. The van der Waals surface area contributed by atoms with Crippen LogP contribution >= 0.6 is 11.8 Å². The summed E-state index contributed by atoms with van der Waals surface area (Å²) in [6.07, 6.45) is 1.03. The van der Waals surface area contributed by atoms with E-state index >= 15 is 0 Å². The van der Waals surface area contributed by atoms with Crippen LogP contribution in [0.15, 0.2) is 9.64 Å². The van der Waals surface area contributed by atoms with E-state index in [4.69, 9.17) is 4.42 Å². The fourth-order valence-corrected chi connectivity index (χ4v) is 4.05. The number of amides is 1. The van der Waals surface area contributed by atoms with Crippen molar-refractivity contribution in [3.63, 3.8) is 0 Å². The van der Waals surface area contributed by atoms with Crippen LogP contribution in [0.5, 0.6) is 0 Å². The second-order valence-electron chi connectivity index (χ2n) is 7.83. The first kappa shape index (κ1) is 23.7. The standard InChI is InChI=1S/C19H28F3N3O3S/c1-12(2)11-14(23-16(27)13-7-5-3-4-6-8-13)15(26)17-24-25-18(28-17)29-10-9-19(20,21)22/h12-14H,3-11H2,1-2H3,(H,23,27)/t14-/m0/s1. The molecule has 1 aromatic heterocycles. The Morgan fingerprint density at radius 3 is 2.41 bits per heavy atom. The maximum absolute atomic E-state index is 12.8. The summed E-state index contributed by atoms with van der Waals surface area (Å²) in [6.45, 7) is 3.87. The quantitative estimate of drug-likeness (QED) is 0.341. The number of carbonyl (C=O) groups excluding carboxylic acids is 2. The molecular weight excluding hydrogens is 407 g/mol. The van der Waals surface area contributed by atoms with Crippen LogP contribution in [-0.4, -0.2) is 39.9 Å². The van der Waals surface area contributed by atoms with Crippen molar-refractivity contribution in [1.82, 2.24) is 15.5 Å². The van der Waals surface area contributed by atoms with Gasteiger partial charge >= 0.3 is 6.18 Å². The zero-order valence-corrected chi connectivity index (χ0v) is 17.6. The number of Topliss-reactive ketones (excluding diaryl/α,β-unsaturated/α-hetero) is 1. The van der Waals surface area contributed by atoms with Crippen LogP contribution in [0, 0.1) is 11.8 Å². The number of thioether (sulfide) groups is 1. The molecule has 1 atom stereocenters. The van der Waals surface area contributed by atoms with Gasteiger partial charge in [0.05, 0.1) is 12.5 Å². The Bertz CT molecular complexity index is 671. The molecule has 1 aromatic rings. The molecule has 0 spiro atoms. The Hall–Kier alpha value is -1.58. The van der Waals surface area contributed by atoms with Gasteiger partial charge in [0, 0.05) is 11.7 Å². The molecule has 1 N–H and O–H groups in total. The van der Waals surface area contributed by atoms with Crippen molar-refractivity contribution in [3.8, 4) is 0 Å². The number of carbonyl (C=O) groups is 2. The molecule has 1 aliphatic rings. The van der Waals surface area contributed by atoms with E-state index in [-0.39, 0.29) is 34.6 Å². The van der Waals surface area contributed by atoms with Crippen molar-refractivity contribution in [3.05, 3.63) is 5.89 Å². The van der Waals surface area contributed by atoms with Crippen molar-refractivity contribution in [2.75, 3.05) is 5.75 Å². The van der Waals surface area contributed by atoms with E-state index < -0.39 is 24.4 Å². The fourth-order valence-electron chi connectivity index (χ4n) is 3.30. The zero-order valence-electron chi connectivity index (χ0n) is 16.8. The number of nitrogens with zero attached hydrogens (tertiary/aromatic N) is 2. The molecule has 1 saturated carbocycles. The van der Waals surface area contributed by atoms with Crippen molar-refractivity contribution < 1.29 is 27.2 Å². The van der Waals surface area contributed by atoms with Crippen molar-refractivity contribution in [2.45, 2.75) is 82.7 Å². The molecule has 0 aliphatic heterocycles. The van der Waals surface area contributed by atoms with E-state index in [0.29, 0.717) is 6.42 Å². The summed E-state index contributed by atoms with van der Waals surface area (Å²) in [4.78, 5) is 25.5. The first-order valence-corrected chi connectivity index (χ1v) is 11.0. The number of aromatic nitrogens is 2. The van der Waals surface area contributed by atoms with Crippen LogP contribution in [0.2, 0.25) is 0 Å². The van der Waals surface area contributed by atoms with Crippen LogP contribution < -0.4 is 5.32 Å². The highest BCUT2D eigenvalue weighted by atomic mass is 32.2. The Morgan fingerprint density at radius 2 is 1.83 bits per heavy atom. The van der Waals surface area contributed by atoms with Gasteiger partial charge < -0.3 is 9.73 Å². The maximum atomic E-state index is 12.8. The number of halogens is 3. The molecular formula is C19H28F3N3O3S. The molecule has 6 nitrogen and oxygen atoms in total. The minimum absolute atomic E-state index is 0.0870. The van der Waals surface area contributed by atoms with Crippen LogP contribution in [-0.2, 0) is 4.79 Å². The smallest absolute Gasteiger partial charge is 0.389 e. The van der Waals surface area contributed by atoms with Gasteiger partial charge in [-0.05, 0) is 25.2 Å². The lowest BCUT2D eigenvalue weighted by atomic mass is 9.96. The van der Waals surface area contributed by atoms with E-state index in [9.17, 15) is 22.8 Å². The predicted octanol–water partition coefficient (Wildman–Crippen LogP) is 4.80. The lowest BCUT2D eigenvalue weighted by Crippen LogP contribution is -2.44. The highest BCUT2D eigenvalue weighted by Gasteiger charge is 2.31. The van der Waals surface area contributed by atoms with E-state index in [2.05, 4.69) is 15.5 Å². The molecule has 0 radical (unpaired) electrons. The summed E-state index contributed by atoms with van der Waals surface area (Å²) < 4.78 is 42.0. The zero-order chi connectivity index (χ0) is 21.4. The van der Waals surface area contributed by atoms with Gasteiger partial charge in [0.25, 0.3) is 11.1 Å².